The Bertz CT molecular complexity index is 760. The third kappa shape index (κ3) is 3.90. The number of ether oxygens (including phenoxy) is 1. The average Bonchev–Trinajstić information content (AvgIpc) is 3.16. The Balaban J connectivity index is 1.76. The second-order valence-corrected chi connectivity index (χ2v) is 5.92. The van der Waals surface area contributed by atoms with Crippen molar-refractivity contribution >= 4 is 17.7 Å². The molecule has 1 aliphatic rings. The molecule has 0 bridgehead atoms. The van der Waals surface area contributed by atoms with Crippen molar-refractivity contribution < 1.29 is 19.4 Å². The number of nitrogens with one attached hydrogen (secondary N) is 1. The van der Waals surface area contributed by atoms with Crippen molar-refractivity contribution in [3.05, 3.63) is 36.7 Å². The summed E-state index contributed by atoms with van der Waals surface area (Å²) >= 11 is 0. The van der Waals surface area contributed by atoms with Gasteiger partial charge in [-0.15, -0.1) is 0 Å². The average molecular weight is 344 g/mol. The van der Waals surface area contributed by atoms with E-state index >= 15 is 0 Å². The molecule has 1 aromatic heterocycles. The van der Waals surface area contributed by atoms with Crippen LogP contribution in [0.1, 0.15) is 12.8 Å². The van der Waals surface area contributed by atoms with Crippen molar-refractivity contribution in [3.63, 3.8) is 0 Å². The lowest BCUT2D eigenvalue weighted by molar-refractivity contribution is -0.143. The number of aliphatic carboxylic acids is 1. The lowest BCUT2D eigenvalue weighted by Crippen LogP contribution is -2.44. The molecule has 0 radical (unpaired) electrons. The summed E-state index contributed by atoms with van der Waals surface area (Å²) in [6, 6.07) is 6.79. The number of methoxy groups -OCH3 is 1. The van der Waals surface area contributed by atoms with Gasteiger partial charge >= 0.3 is 12.0 Å². The van der Waals surface area contributed by atoms with Crippen molar-refractivity contribution in [2.75, 3.05) is 25.5 Å². The number of hydrogen-bond acceptors (Lipinski definition) is 4. The first-order chi connectivity index (χ1) is 12.1. The van der Waals surface area contributed by atoms with Gasteiger partial charge in [-0.25, -0.2) is 9.48 Å². The van der Waals surface area contributed by atoms with E-state index in [1.807, 2.05) is 6.07 Å². The summed E-state index contributed by atoms with van der Waals surface area (Å²) in [7, 11) is 1.55. The molecule has 132 valence electrons. The molecule has 8 heteroatoms. The van der Waals surface area contributed by atoms with Crippen LogP contribution >= 0.6 is 0 Å². The van der Waals surface area contributed by atoms with Crippen LogP contribution < -0.4 is 10.1 Å². The van der Waals surface area contributed by atoms with Gasteiger partial charge in [-0.05, 0) is 25.0 Å². The standard InChI is InChI=1S/C17H20N4O4/c1-25-15-9-13(8-14(10-15)21-7-3-5-18-21)19-17(24)20-6-2-4-12(11-20)16(22)23/h3,5,7-10,12H,2,4,6,11H2,1H3,(H,19,24)(H,22,23). The minimum Gasteiger partial charge on any atom is -0.497 e. The van der Waals surface area contributed by atoms with E-state index in [0.717, 1.165) is 5.69 Å². The van der Waals surface area contributed by atoms with Crippen molar-refractivity contribution in [2.24, 2.45) is 5.92 Å². The number of likely N-dealkylation sites (tertiary alicyclic amines) is 1. The fraction of sp³-hybridized carbons (Fsp3) is 0.353. The monoisotopic (exact) mass is 344 g/mol. The zero-order valence-electron chi connectivity index (χ0n) is 13.9. The van der Waals surface area contributed by atoms with Crippen molar-refractivity contribution in [1.29, 1.82) is 0 Å². The number of amides is 2. The Morgan fingerprint density at radius 2 is 2.20 bits per heavy atom. The second kappa shape index (κ2) is 7.25. The maximum absolute atomic E-state index is 12.5. The lowest BCUT2D eigenvalue weighted by Gasteiger charge is -2.30. The molecule has 1 unspecified atom stereocenters. The number of carboxylic acids is 1. The summed E-state index contributed by atoms with van der Waals surface area (Å²) in [5, 5.41) is 16.1. The summed E-state index contributed by atoms with van der Waals surface area (Å²) in [5.41, 5.74) is 1.31. The fourth-order valence-electron chi connectivity index (χ4n) is 2.89. The second-order valence-electron chi connectivity index (χ2n) is 5.92. The maximum atomic E-state index is 12.5. The highest BCUT2D eigenvalue weighted by Crippen LogP contribution is 2.24. The highest BCUT2D eigenvalue weighted by molar-refractivity contribution is 5.90. The summed E-state index contributed by atoms with van der Waals surface area (Å²) < 4.78 is 6.95. The van der Waals surface area contributed by atoms with E-state index in [0.29, 0.717) is 30.8 Å². The van der Waals surface area contributed by atoms with Gasteiger partial charge in [0.1, 0.15) is 5.75 Å². The van der Waals surface area contributed by atoms with E-state index in [4.69, 9.17) is 9.84 Å². The van der Waals surface area contributed by atoms with Crippen LogP contribution in [-0.4, -0.2) is 52.0 Å². The van der Waals surface area contributed by atoms with E-state index in [1.165, 1.54) is 4.90 Å². The van der Waals surface area contributed by atoms with Crippen molar-refractivity contribution in [2.45, 2.75) is 12.8 Å². The minimum absolute atomic E-state index is 0.219. The Hall–Kier alpha value is -3.03. The van der Waals surface area contributed by atoms with Crippen LogP contribution in [-0.2, 0) is 4.79 Å². The summed E-state index contributed by atoms with van der Waals surface area (Å²) in [6.45, 7) is 0.767. The molecule has 0 aliphatic carbocycles. The van der Waals surface area contributed by atoms with E-state index in [2.05, 4.69) is 10.4 Å². The van der Waals surface area contributed by atoms with Gasteiger partial charge in [0.2, 0.25) is 0 Å². The van der Waals surface area contributed by atoms with E-state index in [1.54, 1.807) is 42.4 Å². The highest BCUT2D eigenvalue weighted by atomic mass is 16.5. The summed E-state index contributed by atoms with van der Waals surface area (Å²) in [6.07, 6.45) is 4.74. The Morgan fingerprint density at radius 1 is 1.36 bits per heavy atom. The van der Waals surface area contributed by atoms with Gasteiger partial charge in [-0.3, -0.25) is 4.79 Å². The number of hydrogen-bond donors (Lipinski definition) is 2. The van der Waals surface area contributed by atoms with Gasteiger partial charge in [0, 0.05) is 43.3 Å². The number of rotatable bonds is 4. The van der Waals surface area contributed by atoms with Crippen LogP contribution in [0.3, 0.4) is 0 Å². The van der Waals surface area contributed by atoms with Crippen LogP contribution in [0, 0.1) is 5.92 Å². The van der Waals surface area contributed by atoms with E-state index in [-0.39, 0.29) is 12.6 Å². The summed E-state index contributed by atoms with van der Waals surface area (Å²) in [5.74, 6) is -0.783. The number of carbonyl (C=O) groups is 2. The molecule has 2 heterocycles. The SMILES string of the molecule is COc1cc(NC(=O)N2CCCC(C(=O)O)C2)cc(-n2cccn2)c1. The van der Waals surface area contributed by atoms with Crippen LogP contribution in [0.15, 0.2) is 36.7 Å². The van der Waals surface area contributed by atoms with Gasteiger partial charge in [-0.1, -0.05) is 0 Å². The van der Waals surface area contributed by atoms with Gasteiger partial charge in [0.15, 0.2) is 0 Å². The molecule has 25 heavy (non-hydrogen) atoms. The molecule has 2 N–H and O–H groups in total. The van der Waals surface area contributed by atoms with Crippen LogP contribution in [0.4, 0.5) is 10.5 Å². The zero-order valence-corrected chi connectivity index (χ0v) is 13.9. The molecule has 2 aromatic rings. The molecular formula is C17H20N4O4. The molecule has 0 spiro atoms. The van der Waals surface area contributed by atoms with Gasteiger partial charge in [-0.2, -0.15) is 5.10 Å². The van der Waals surface area contributed by atoms with E-state index < -0.39 is 11.9 Å². The summed E-state index contributed by atoms with van der Waals surface area (Å²) in [4.78, 5) is 25.2. The number of aromatic nitrogens is 2. The number of benzene rings is 1. The molecule has 1 aliphatic heterocycles. The molecule has 2 amide bonds. The lowest BCUT2D eigenvalue weighted by atomic mass is 9.99. The molecule has 3 rings (SSSR count). The van der Waals surface area contributed by atoms with Gasteiger partial charge < -0.3 is 20.1 Å². The number of nitrogens with zero attached hydrogens (tertiary/aromatic N) is 3. The van der Waals surface area contributed by atoms with Gasteiger partial charge in [0.25, 0.3) is 0 Å². The highest BCUT2D eigenvalue weighted by Gasteiger charge is 2.28. The third-order valence-electron chi connectivity index (χ3n) is 4.21. The molecule has 0 saturated carbocycles. The Morgan fingerprint density at radius 3 is 2.88 bits per heavy atom. The third-order valence-corrected chi connectivity index (χ3v) is 4.21. The predicted molar refractivity (Wildman–Crippen MR) is 91.1 cm³/mol. The van der Waals surface area contributed by atoms with Crippen LogP contribution in [0.5, 0.6) is 5.75 Å². The molecule has 8 nitrogen and oxygen atoms in total. The fourth-order valence-corrected chi connectivity index (χ4v) is 2.89. The first kappa shape index (κ1) is 16.8. The predicted octanol–water partition coefficient (Wildman–Crippen LogP) is 2.21. The number of piperidine rings is 1. The number of carbonyl (C=O) groups excluding carboxylic acids is 1. The largest absolute Gasteiger partial charge is 0.497 e. The molecule has 1 saturated heterocycles. The Labute approximate surface area is 145 Å². The number of anilines is 1. The zero-order chi connectivity index (χ0) is 17.8. The number of carboxylic acid groups (broad SMARTS) is 1. The van der Waals surface area contributed by atoms with Crippen molar-refractivity contribution in [3.8, 4) is 11.4 Å². The Kier molecular flexibility index (Phi) is 4.87. The molecule has 1 fully saturated rings. The van der Waals surface area contributed by atoms with Crippen molar-refractivity contribution in [1.82, 2.24) is 14.7 Å². The smallest absolute Gasteiger partial charge is 0.321 e. The topological polar surface area (TPSA) is 96.7 Å². The molecule has 1 aromatic carbocycles. The normalized spacial score (nSPS) is 17.2. The van der Waals surface area contributed by atoms with Crippen LogP contribution in [0.2, 0.25) is 0 Å². The first-order valence-electron chi connectivity index (χ1n) is 8.04. The van der Waals surface area contributed by atoms with Gasteiger partial charge in [0.05, 0.1) is 18.7 Å². The molecule has 1 atom stereocenters. The number of urea groups is 1. The maximum Gasteiger partial charge on any atom is 0.321 e. The molecular weight excluding hydrogens is 324 g/mol. The minimum atomic E-state index is -0.861. The first-order valence-corrected chi connectivity index (χ1v) is 8.04. The van der Waals surface area contributed by atoms with Crippen LogP contribution in [0.25, 0.3) is 5.69 Å². The van der Waals surface area contributed by atoms with E-state index in [9.17, 15) is 9.59 Å². The quantitative estimate of drug-likeness (QED) is 0.886.